The number of rotatable bonds is 1. The van der Waals surface area contributed by atoms with Crippen molar-refractivity contribution in [3.63, 3.8) is 0 Å². The second-order valence-electron chi connectivity index (χ2n) is 2.72. The minimum atomic E-state index is -0.311. The normalized spacial score (nSPS) is 10.4. The van der Waals surface area contributed by atoms with E-state index in [1.165, 1.54) is 23.4 Å². The van der Waals surface area contributed by atoms with E-state index in [-0.39, 0.29) is 5.91 Å². The van der Waals surface area contributed by atoms with Crippen molar-refractivity contribution in [1.82, 2.24) is 24.5 Å². The fourth-order valence-corrected chi connectivity index (χ4v) is 1.12. The fourth-order valence-electron chi connectivity index (χ4n) is 1.12. The first-order chi connectivity index (χ1) is 6.68. The van der Waals surface area contributed by atoms with Crippen molar-refractivity contribution in [2.75, 3.05) is 5.73 Å². The number of nitrogens with two attached hydrogens (primary N) is 1. The number of aromatic nitrogens is 5. The van der Waals surface area contributed by atoms with Gasteiger partial charge in [-0.25, -0.2) is 4.98 Å². The van der Waals surface area contributed by atoms with E-state index in [1.807, 2.05) is 0 Å². The average molecular weight is 192 g/mol. The van der Waals surface area contributed by atoms with Crippen LogP contribution in [-0.2, 0) is 7.05 Å². The van der Waals surface area contributed by atoms with E-state index >= 15 is 0 Å². The highest BCUT2D eigenvalue weighted by Crippen LogP contribution is 2.05. The van der Waals surface area contributed by atoms with Crippen LogP contribution in [0.1, 0.15) is 10.5 Å². The van der Waals surface area contributed by atoms with Crippen molar-refractivity contribution in [1.29, 1.82) is 0 Å². The van der Waals surface area contributed by atoms with Crippen molar-refractivity contribution in [2.24, 2.45) is 7.05 Å². The highest BCUT2D eigenvalue weighted by atomic mass is 16.2. The van der Waals surface area contributed by atoms with Crippen LogP contribution in [-0.4, -0.2) is 30.5 Å². The van der Waals surface area contributed by atoms with Crippen molar-refractivity contribution >= 4 is 11.7 Å². The lowest BCUT2D eigenvalue weighted by atomic mass is 10.4. The number of carbonyl (C=O) groups is 1. The quantitative estimate of drug-likeness (QED) is 0.643. The Morgan fingerprint density at radius 1 is 1.57 bits per heavy atom. The van der Waals surface area contributed by atoms with Crippen molar-refractivity contribution < 1.29 is 4.79 Å². The van der Waals surface area contributed by atoms with Crippen molar-refractivity contribution in [3.8, 4) is 0 Å². The standard InChI is InChI=1S/C7H8N6O/c1-12-5(2-6(8)11-12)7(14)13-4-9-3-10-13/h2-4H,1H3,(H2,8,11). The predicted octanol–water partition coefficient (Wildman–Crippen LogP) is -0.718. The topological polar surface area (TPSA) is 91.6 Å². The smallest absolute Gasteiger partial charge is 0.297 e. The lowest BCUT2D eigenvalue weighted by molar-refractivity contribution is 0.0935. The van der Waals surface area contributed by atoms with Crippen molar-refractivity contribution in [3.05, 3.63) is 24.4 Å². The Hall–Kier alpha value is -2.18. The lowest BCUT2D eigenvalue weighted by Gasteiger charge is -1.98. The van der Waals surface area contributed by atoms with Gasteiger partial charge >= 0.3 is 0 Å². The molecule has 7 nitrogen and oxygen atoms in total. The van der Waals surface area contributed by atoms with Crippen LogP contribution in [0.25, 0.3) is 0 Å². The summed E-state index contributed by atoms with van der Waals surface area (Å²) in [4.78, 5) is 15.4. The predicted molar refractivity (Wildman–Crippen MR) is 47.4 cm³/mol. The molecule has 2 rings (SSSR count). The Balaban J connectivity index is 2.41. The number of aryl methyl sites for hydroxylation is 1. The van der Waals surface area contributed by atoms with Crippen LogP contribution >= 0.6 is 0 Å². The first-order valence-electron chi connectivity index (χ1n) is 3.87. The van der Waals surface area contributed by atoms with Crippen LogP contribution in [0.4, 0.5) is 5.82 Å². The number of nitrogen functional groups attached to an aromatic ring is 1. The summed E-state index contributed by atoms with van der Waals surface area (Å²) in [6, 6.07) is 1.49. The summed E-state index contributed by atoms with van der Waals surface area (Å²) in [5.41, 5.74) is 5.81. The van der Waals surface area contributed by atoms with Gasteiger partial charge < -0.3 is 5.73 Å². The Morgan fingerprint density at radius 3 is 2.86 bits per heavy atom. The molecule has 0 saturated carbocycles. The van der Waals surface area contributed by atoms with E-state index in [1.54, 1.807) is 7.05 Å². The largest absolute Gasteiger partial charge is 0.382 e. The van der Waals surface area contributed by atoms with Gasteiger partial charge in [0.2, 0.25) is 0 Å². The van der Waals surface area contributed by atoms with Gasteiger partial charge in [-0.2, -0.15) is 14.9 Å². The molecule has 14 heavy (non-hydrogen) atoms. The molecule has 2 heterocycles. The molecule has 2 N–H and O–H groups in total. The van der Waals surface area contributed by atoms with Gasteiger partial charge in [0.15, 0.2) is 0 Å². The van der Waals surface area contributed by atoms with Crippen LogP contribution in [0.2, 0.25) is 0 Å². The van der Waals surface area contributed by atoms with Crippen LogP contribution < -0.4 is 5.73 Å². The maximum atomic E-state index is 11.7. The highest BCUT2D eigenvalue weighted by molar-refractivity contribution is 5.94. The van der Waals surface area contributed by atoms with Gasteiger partial charge in [0.05, 0.1) is 0 Å². The summed E-state index contributed by atoms with van der Waals surface area (Å²) >= 11 is 0. The molecule has 2 aromatic rings. The van der Waals surface area contributed by atoms with Gasteiger partial charge in [-0.15, -0.1) is 0 Å². The van der Waals surface area contributed by atoms with E-state index in [4.69, 9.17) is 5.73 Å². The van der Waals surface area contributed by atoms with Gasteiger partial charge in [-0.1, -0.05) is 0 Å². The molecule has 0 unspecified atom stereocenters. The van der Waals surface area contributed by atoms with E-state index in [0.29, 0.717) is 11.5 Å². The summed E-state index contributed by atoms with van der Waals surface area (Å²) < 4.78 is 2.52. The average Bonchev–Trinajstić information content (AvgIpc) is 2.73. The van der Waals surface area contributed by atoms with Crippen LogP contribution in [0.15, 0.2) is 18.7 Å². The zero-order valence-corrected chi connectivity index (χ0v) is 7.45. The summed E-state index contributed by atoms with van der Waals surface area (Å²) in [5, 5.41) is 7.57. The summed E-state index contributed by atoms with van der Waals surface area (Å²) in [6.45, 7) is 0. The molecule has 0 radical (unpaired) electrons. The van der Waals surface area contributed by atoms with E-state index in [2.05, 4.69) is 15.2 Å². The molecule has 0 spiro atoms. The maximum Gasteiger partial charge on any atom is 0.297 e. The van der Waals surface area contributed by atoms with Crippen molar-refractivity contribution in [2.45, 2.75) is 0 Å². The minimum Gasteiger partial charge on any atom is -0.382 e. The third-order valence-corrected chi connectivity index (χ3v) is 1.74. The molecule has 72 valence electrons. The molecule has 0 aliphatic rings. The lowest BCUT2D eigenvalue weighted by Crippen LogP contribution is -2.16. The number of hydrogen-bond donors (Lipinski definition) is 1. The Labute approximate surface area is 79.2 Å². The zero-order chi connectivity index (χ0) is 10.1. The molecular formula is C7H8N6O. The molecule has 0 saturated heterocycles. The van der Waals surface area contributed by atoms with Crippen LogP contribution in [0.3, 0.4) is 0 Å². The monoisotopic (exact) mass is 192 g/mol. The van der Waals surface area contributed by atoms with E-state index < -0.39 is 0 Å². The molecule has 0 fully saturated rings. The third kappa shape index (κ3) is 1.24. The second-order valence-corrected chi connectivity index (χ2v) is 2.72. The van der Waals surface area contributed by atoms with E-state index in [9.17, 15) is 4.79 Å². The minimum absolute atomic E-state index is 0.302. The summed E-state index contributed by atoms with van der Waals surface area (Å²) in [6.07, 6.45) is 2.61. The van der Waals surface area contributed by atoms with E-state index in [0.717, 1.165) is 4.68 Å². The molecule has 2 aromatic heterocycles. The number of nitrogens with zero attached hydrogens (tertiary/aromatic N) is 5. The number of hydrogen-bond acceptors (Lipinski definition) is 5. The molecule has 0 aliphatic heterocycles. The van der Waals surface area contributed by atoms with Gasteiger partial charge in [0, 0.05) is 13.1 Å². The Morgan fingerprint density at radius 2 is 2.36 bits per heavy atom. The third-order valence-electron chi connectivity index (χ3n) is 1.74. The highest BCUT2D eigenvalue weighted by Gasteiger charge is 2.14. The molecular weight excluding hydrogens is 184 g/mol. The number of carbonyl (C=O) groups excluding carboxylic acids is 1. The van der Waals surface area contributed by atoms with Crippen LogP contribution in [0.5, 0.6) is 0 Å². The van der Waals surface area contributed by atoms with Crippen LogP contribution in [0, 0.1) is 0 Å². The maximum absolute atomic E-state index is 11.7. The van der Waals surface area contributed by atoms with Gasteiger partial charge in [0.25, 0.3) is 5.91 Å². The Kier molecular flexibility index (Phi) is 1.77. The molecule has 0 atom stereocenters. The summed E-state index contributed by atoms with van der Waals surface area (Å²) in [5.74, 6) is -0.00911. The van der Waals surface area contributed by atoms with Gasteiger partial charge in [0.1, 0.15) is 24.2 Å². The first-order valence-corrected chi connectivity index (χ1v) is 3.87. The molecule has 0 aromatic carbocycles. The fraction of sp³-hybridized carbons (Fsp3) is 0.143. The molecule has 0 amide bonds. The van der Waals surface area contributed by atoms with Gasteiger partial charge in [-0.3, -0.25) is 9.48 Å². The van der Waals surface area contributed by atoms with Gasteiger partial charge in [-0.05, 0) is 0 Å². The zero-order valence-electron chi connectivity index (χ0n) is 7.45. The molecule has 0 bridgehead atoms. The first kappa shape index (κ1) is 8.42. The summed E-state index contributed by atoms with van der Waals surface area (Å²) in [7, 11) is 1.64. The number of anilines is 1. The molecule has 7 heteroatoms. The Bertz CT molecular complexity index is 456. The second kappa shape index (κ2) is 2.95. The SMILES string of the molecule is Cn1nc(N)cc1C(=O)n1cncn1. The molecule has 0 aliphatic carbocycles.